The molecule has 1 aliphatic carbocycles. The van der Waals surface area contributed by atoms with Crippen LogP contribution in [0.3, 0.4) is 0 Å². The van der Waals surface area contributed by atoms with Crippen LogP contribution in [0.15, 0.2) is 36.7 Å². The van der Waals surface area contributed by atoms with Crippen molar-refractivity contribution in [2.45, 2.75) is 32.7 Å². The van der Waals surface area contributed by atoms with Gasteiger partial charge in [-0.15, -0.1) is 0 Å². The third kappa shape index (κ3) is 1.90. The summed E-state index contributed by atoms with van der Waals surface area (Å²) in [6.45, 7) is 4.67. The maximum absolute atomic E-state index is 4.00. The Kier molecular flexibility index (Phi) is 2.62. The first-order valence-electron chi connectivity index (χ1n) is 6.50. The Morgan fingerprint density at radius 1 is 1.33 bits per heavy atom. The van der Waals surface area contributed by atoms with Crippen molar-refractivity contribution in [3.63, 3.8) is 0 Å². The number of hydrogen-bond acceptors (Lipinski definition) is 2. The van der Waals surface area contributed by atoms with Crippen LogP contribution >= 0.6 is 0 Å². The van der Waals surface area contributed by atoms with Crippen LogP contribution in [0.2, 0.25) is 0 Å². The van der Waals surface area contributed by atoms with Crippen molar-refractivity contribution in [3.8, 4) is 0 Å². The van der Waals surface area contributed by atoms with Crippen LogP contribution in [0.4, 0.5) is 5.69 Å². The molecule has 18 heavy (non-hydrogen) atoms. The summed E-state index contributed by atoms with van der Waals surface area (Å²) in [6.07, 6.45) is 6.13. The number of H-pyrrole nitrogens is 1. The molecule has 1 atom stereocenters. The minimum atomic E-state index is 0.256. The van der Waals surface area contributed by atoms with Crippen LogP contribution < -0.4 is 5.32 Å². The van der Waals surface area contributed by atoms with E-state index in [-0.39, 0.29) is 5.41 Å². The number of rotatable bonds is 2. The van der Waals surface area contributed by atoms with Crippen molar-refractivity contribution >= 4 is 5.69 Å². The molecule has 0 amide bonds. The molecule has 0 bridgehead atoms. The van der Waals surface area contributed by atoms with Crippen molar-refractivity contribution < 1.29 is 0 Å². The van der Waals surface area contributed by atoms with Gasteiger partial charge in [-0.1, -0.05) is 38.1 Å². The number of aromatic amines is 1. The van der Waals surface area contributed by atoms with E-state index in [2.05, 4.69) is 53.6 Å². The van der Waals surface area contributed by atoms with E-state index in [9.17, 15) is 0 Å². The van der Waals surface area contributed by atoms with Crippen LogP contribution in [-0.2, 0) is 6.42 Å². The van der Waals surface area contributed by atoms with Gasteiger partial charge in [-0.25, -0.2) is 0 Å². The minimum absolute atomic E-state index is 0.256. The predicted octanol–water partition coefficient (Wildman–Crippen LogP) is 3.54. The van der Waals surface area contributed by atoms with Gasteiger partial charge in [-0.3, -0.25) is 5.10 Å². The normalized spacial score (nSPS) is 21.3. The average Bonchev–Trinajstić information content (AvgIpc) is 2.86. The lowest BCUT2D eigenvalue weighted by molar-refractivity contribution is 0.265. The molecule has 1 unspecified atom stereocenters. The number of hydrogen-bond donors (Lipinski definition) is 2. The van der Waals surface area contributed by atoms with E-state index < -0.39 is 0 Å². The molecule has 0 radical (unpaired) electrons. The fourth-order valence-electron chi connectivity index (χ4n) is 2.84. The lowest BCUT2D eigenvalue weighted by Crippen LogP contribution is -2.33. The number of fused-ring (bicyclic) bond motifs is 1. The summed E-state index contributed by atoms with van der Waals surface area (Å²) in [5, 5.41) is 10.5. The quantitative estimate of drug-likeness (QED) is 0.844. The van der Waals surface area contributed by atoms with Gasteiger partial charge in [0.1, 0.15) is 0 Å². The summed E-state index contributed by atoms with van der Waals surface area (Å²) in [5.41, 5.74) is 4.21. The topological polar surface area (TPSA) is 40.7 Å². The average molecular weight is 241 g/mol. The molecule has 3 nitrogen and oxygen atoms in total. The molecule has 94 valence electrons. The van der Waals surface area contributed by atoms with Gasteiger partial charge in [0.05, 0.1) is 17.9 Å². The van der Waals surface area contributed by atoms with Gasteiger partial charge in [0.25, 0.3) is 0 Å². The van der Waals surface area contributed by atoms with Crippen LogP contribution in [0.1, 0.15) is 37.4 Å². The van der Waals surface area contributed by atoms with Crippen molar-refractivity contribution in [1.82, 2.24) is 10.2 Å². The number of aryl methyl sites for hydroxylation is 1. The van der Waals surface area contributed by atoms with Gasteiger partial charge in [-0.2, -0.15) is 5.10 Å². The Morgan fingerprint density at radius 2 is 2.17 bits per heavy atom. The molecule has 1 heterocycles. The van der Waals surface area contributed by atoms with Crippen LogP contribution in [0.5, 0.6) is 0 Å². The van der Waals surface area contributed by atoms with Crippen LogP contribution in [-0.4, -0.2) is 10.2 Å². The highest BCUT2D eigenvalue weighted by molar-refractivity contribution is 5.45. The van der Waals surface area contributed by atoms with Gasteiger partial charge in [0, 0.05) is 6.20 Å². The minimum Gasteiger partial charge on any atom is -0.375 e. The summed E-state index contributed by atoms with van der Waals surface area (Å²) in [6, 6.07) is 9.10. The number of nitrogens with one attached hydrogen (secondary N) is 2. The second kappa shape index (κ2) is 4.16. The van der Waals surface area contributed by atoms with Crippen molar-refractivity contribution in [3.05, 3.63) is 47.8 Å². The summed E-state index contributed by atoms with van der Waals surface area (Å²) in [5.74, 6) is 0. The zero-order chi connectivity index (χ0) is 12.6. The SMILES string of the molecule is CC1(C)CCc2ccccc2C1Nc1cn[nH]c1. The first kappa shape index (κ1) is 11.3. The molecule has 0 spiro atoms. The van der Waals surface area contributed by atoms with Crippen molar-refractivity contribution in [2.24, 2.45) is 5.41 Å². The molecule has 0 saturated carbocycles. The molecule has 0 fully saturated rings. The van der Waals surface area contributed by atoms with Crippen molar-refractivity contribution in [1.29, 1.82) is 0 Å². The van der Waals surface area contributed by atoms with E-state index in [4.69, 9.17) is 0 Å². The Morgan fingerprint density at radius 3 is 2.94 bits per heavy atom. The highest BCUT2D eigenvalue weighted by Crippen LogP contribution is 2.44. The smallest absolute Gasteiger partial charge is 0.0728 e. The third-order valence-corrected chi connectivity index (χ3v) is 4.00. The lowest BCUT2D eigenvalue weighted by atomic mass is 9.70. The highest BCUT2D eigenvalue weighted by Gasteiger charge is 2.35. The first-order chi connectivity index (χ1) is 8.67. The third-order valence-electron chi connectivity index (χ3n) is 4.00. The van der Waals surface area contributed by atoms with E-state index in [1.165, 1.54) is 24.0 Å². The molecule has 3 heteroatoms. The van der Waals surface area contributed by atoms with Crippen LogP contribution in [0.25, 0.3) is 0 Å². The Bertz CT molecular complexity index is 528. The van der Waals surface area contributed by atoms with E-state index in [1.54, 1.807) is 0 Å². The summed E-state index contributed by atoms with van der Waals surface area (Å²) < 4.78 is 0. The highest BCUT2D eigenvalue weighted by atomic mass is 15.1. The summed E-state index contributed by atoms with van der Waals surface area (Å²) >= 11 is 0. The van der Waals surface area contributed by atoms with Gasteiger partial charge in [0.15, 0.2) is 0 Å². The molecule has 1 aliphatic rings. The van der Waals surface area contributed by atoms with Gasteiger partial charge in [0.2, 0.25) is 0 Å². The van der Waals surface area contributed by atoms with Crippen molar-refractivity contribution in [2.75, 3.05) is 5.32 Å². The van der Waals surface area contributed by atoms with E-state index in [0.717, 1.165) is 5.69 Å². The summed E-state index contributed by atoms with van der Waals surface area (Å²) in [7, 11) is 0. The van der Waals surface area contributed by atoms with E-state index in [0.29, 0.717) is 6.04 Å². The van der Waals surface area contributed by atoms with Crippen LogP contribution in [0, 0.1) is 5.41 Å². The molecule has 3 rings (SSSR count). The molecule has 2 aromatic rings. The number of nitrogens with zero attached hydrogens (tertiary/aromatic N) is 1. The van der Waals surface area contributed by atoms with E-state index in [1.807, 2.05) is 12.4 Å². The van der Waals surface area contributed by atoms with Gasteiger partial charge >= 0.3 is 0 Å². The molecule has 2 N–H and O–H groups in total. The van der Waals surface area contributed by atoms with E-state index >= 15 is 0 Å². The molecule has 0 saturated heterocycles. The van der Waals surface area contributed by atoms with Gasteiger partial charge < -0.3 is 5.32 Å². The van der Waals surface area contributed by atoms with Gasteiger partial charge in [-0.05, 0) is 29.4 Å². The molecule has 1 aromatic carbocycles. The largest absolute Gasteiger partial charge is 0.375 e. The number of anilines is 1. The predicted molar refractivity (Wildman–Crippen MR) is 73.5 cm³/mol. The number of aromatic nitrogens is 2. The standard InChI is InChI=1S/C15H19N3/c1-15(2)8-7-11-5-3-4-6-13(11)14(15)18-12-9-16-17-10-12/h3-6,9-10,14,18H,7-8H2,1-2H3,(H,16,17). The second-order valence-corrected chi connectivity index (χ2v) is 5.75. The Hall–Kier alpha value is -1.77. The molecular weight excluding hydrogens is 222 g/mol. The Balaban J connectivity index is 1.98. The maximum atomic E-state index is 4.00. The molecule has 0 aliphatic heterocycles. The first-order valence-corrected chi connectivity index (χ1v) is 6.50. The molecular formula is C15H19N3. The monoisotopic (exact) mass is 241 g/mol. The Labute approximate surface area is 108 Å². The molecule has 1 aromatic heterocycles. The summed E-state index contributed by atoms with van der Waals surface area (Å²) in [4.78, 5) is 0. The maximum Gasteiger partial charge on any atom is 0.0728 e. The fourth-order valence-corrected chi connectivity index (χ4v) is 2.84. The second-order valence-electron chi connectivity index (χ2n) is 5.75. The fraction of sp³-hybridized carbons (Fsp3) is 0.400. The zero-order valence-electron chi connectivity index (χ0n) is 10.9. The zero-order valence-corrected chi connectivity index (χ0v) is 10.9. The number of benzene rings is 1. The lowest BCUT2D eigenvalue weighted by Gasteiger charge is -2.40.